The first kappa shape index (κ1) is 20.7. The third kappa shape index (κ3) is 4.38. The van der Waals surface area contributed by atoms with Crippen molar-refractivity contribution in [3.05, 3.63) is 64.8 Å². The second-order valence-corrected chi connectivity index (χ2v) is 8.27. The van der Waals surface area contributed by atoms with Crippen LogP contribution in [-0.4, -0.2) is 36.3 Å². The maximum atomic E-state index is 14.6. The number of rotatable bonds is 5. The molecule has 1 aromatic carbocycles. The van der Waals surface area contributed by atoms with Crippen molar-refractivity contribution in [2.75, 3.05) is 7.05 Å². The minimum atomic E-state index is -4.13. The minimum Gasteiger partial charge on any atom is -0.443 e. The number of aryl methyl sites for hydroxylation is 1. The Balaban J connectivity index is 2.14. The van der Waals surface area contributed by atoms with Crippen LogP contribution in [0.2, 0.25) is 5.15 Å². The van der Waals surface area contributed by atoms with Gasteiger partial charge < -0.3 is 10.1 Å². The molecule has 0 atom stereocenters. The third-order valence-corrected chi connectivity index (χ3v) is 5.83. The molecular weight excluding hydrogens is 423 g/mol. The standard InChI is InChI=1S/C18H16ClFN4O4S/c1-11-3-5-15(14(20)7-11)24-17(8-12(23-24)10-28-18(25)21-2)29(26,27)13-4-6-16(19)22-9-13/h3-9H,10H2,1-2H3,(H,21,25). The number of halogens is 2. The van der Waals surface area contributed by atoms with Crippen LogP contribution < -0.4 is 5.32 Å². The highest BCUT2D eigenvalue weighted by Gasteiger charge is 2.27. The molecule has 3 aromatic rings. The number of nitrogens with one attached hydrogen (secondary N) is 1. The van der Waals surface area contributed by atoms with E-state index in [1.807, 2.05) is 0 Å². The summed E-state index contributed by atoms with van der Waals surface area (Å²) in [6.07, 6.45) is 0.383. The molecule has 0 aliphatic rings. The molecule has 0 saturated carbocycles. The van der Waals surface area contributed by atoms with Crippen molar-refractivity contribution in [2.45, 2.75) is 23.5 Å². The molecule has 0 spiro atoms. The van der Waals surface area contributed by atoms with Crippen LogP contribution in [0.15, 0.2) is 52.5 Å². The van der Waals surface area contributed by atoms with Gasteiger partial charge in [0.2, 0.25) is 9.84 Å². The van der Waals surface area contributed by atoms with Crippen LogP contribution in [0.5, 0.6) is 0 Å². The first-order valence-corrected chi connectivity index (χ1v) is 10.1. The van der Waals surface area contributed by atoms with E-state index in [1.165, 1.54) is 37.4 Å². The highest BCUT2D eigenvalue weighted by atomic mass is 35.5. The zero-order valence-corrected chi connectivity index (χ0v) is 17.0. The molecule has 1 amide bonds. The van der Waals surface area contributed by atoms with Gasteiger partial charge in [0.15, 0.2) is 5.03 Å². The van der Waals surface area contributed by atoms with E-state index in [-0.39, 0.29) is 33.1 Å². The summed E-state index contributed by atoms with van der Waals surface area (Å²) in [4.78, 5) is 15.0. The number of hydrogen-bond acceptors (Lipinski definition) is 6. The van der Waals surface area contributed by atoms with Crippen LogP contribution in [0.1, 0.15) is 11.3 Å². The number of carbonyl (C=O) groups excluding carboxylic acids is 1. The van der Waals surface area contributed by atoms with E-state index < -0.39 is 21.7 Å². The van der Waals surface area contributed by atoms with Gasteiger partial charge in [-0.15, -0.1) is 0 Å². The highest BCUT2D eigenvalue weighted by Crippen LogP contribution is 2.26. The predicted octanol–water partition coefficient (Wildman–Crippen LogP) is 3.06. The summed E-state index contributed by atoms with van der Waals surface area (Å²) in [5.74, 6) is -0.655. The lowest BCUT2D eigenvalue weighted by atomic mass is 10.2. The average molecular weight is 439 g/mol. The van der Waals surface area contributed by atoms with Crippen LogP contribution in [0.25, 0.3) is 5.69 Å². The molecule has 3 rings (SSSR count). The summed E-state index contributed by atoms with van der Waals surface area (Å²) in [6.45, 7) is 1.40. The molecule has 0 aliphatic carbocycles. The second kappa shape index (κ2) is 8.18. The van der Waals surface area contributed by atoms with E-state index in [0.717, 1.165) is 10.9 Å². The maximum absolute atomic E-state index is 14.6. The SMILES string of the molecule is CNC(=O)OCc1cc(S(=O)(=O)c2ccc(Cl)nc2)n(-c2ccc(C)cc2F)n1. The highest BCUT2D eigenvalue weighted by molar-refractivity contribution is 7.91. The molecular formula is C18H16ClFN4O4S. The zero-order chi connectivity index (χ0) is 21.2. The fourth-order valence-corrected chi connectivity index (χ4v) is 3.93. The van der Waals surface area contributed by atoms with E-state index in [2.05, 4.69) is 15.4 Å². The topological polar surface area (TPSA) is 103 Å². The lowest BCUT2D eigenvalue weighted by Crippen LogP contribution is -2.19. The number of benzene rings is 1. The van der Waals surface area contributed by atoms with Gasteiger partial charge in [-0.05, 0) is 36.8 Å². The molecule has 29 heavy (non-hydrogen) atoms. The lowest BCUT2D eigenvalue weighted by molar-refractivity contribution is 0.140. The average Bonchev–Trinajstić information content (AvgIpc) is 3.11. The van der Waals surface area contributed by atoms with E-state index in [9.17, 15) is 17.6 Å². The molecule has 0 unspecified atom stereocenters. The number of ether oxygens (including phenoxy) is 1. The van der Waals surface area contributed by atoms with Crippen molar-refractivity contribution in [3.8, 4) is 5.69 Å². The van der Waals surface area contributed by atoms with E-state index in [1.54, 1.807) is 13.0 Å². The van der Waals surface area contributed by atoms with Crippen LogP contribution in [-0.2, 0) is 21.2 Å². The van der Waals surface area contributed by atoms with Gasteiger partial charge in [0, 0.05) is 19.3 Å². The molecule has 0 radical (unpaired) electrons. The number of carbonyl (C=O) groups is 1. The quantitative estimate of drug-likeness (QED) is 0.614. The van der Waals surface area contributed by atoms with Crippen molar-refractivity contribution in [2.24, 2.45) is 0 Å². The molecule has 0 fully saturated rings. The largest absolute Gasteiger partial charge is 0.443 e. The van der Waals surface area contributed by atoms with Crippen molar-refractivity contribution in [1.29, 1.82) is 0 Å². The van der Waals surface area contributed by atoms with Crippen molar-refractivity contribution in [1.82, 2.24) is 20.1 Å². The van der Waals surface area contributed by atoms with Gasteiger partial charge in [-0.1, -0.05) is 17.7 Å². The monoisotopic (exact) mass is 438 g/mol. The number of aromatic nitrogens is 3. The second-order valence-electron chi connectivity index (χ2n) is 5.99. The fourth-order valence-electron chi connectivity index (χ4n) is 2.48. The van der Waals surface area contributed by atoms with Gasteiger partial charge in [-0.3, -0.25) is 0 Å². The van der Waals surface area contributed by atoms with Gasteiger partial charge in [0.1, 0.15) is 29.0 Å². The molecule has 2 heterocycles. The Labute approximate surface area is 171 Å². The number of hydrogen-bond donors (Lipinski definition) is 1. The Morgan fingerprint density at radius 2 is 2.03 bits per heavy atom. The minimum absolute atomic E-state index is 0.0673. The van der Waals surface area contributed by atoms with Gasteiger partial charge in [-0.25, -0.2) is 27.3 Å². The van der Waals surface area contributed by atoms with Gasteiger partial charge in [-0.2, -0.15) is 5.10 Å². The van der Waals surface area contributed by atoms with Gasteiger partial charge in [0.25, 0.3) is 0 Å². The summed E-state index contributed by atoms with van der Waals surface area (Å²) in [5, 5.41) is 6.22. The molecule has 152 valence electrons. The zero-order valence-electron chi connectivity index (χ0n) is 15.4. The summed E-state index contributed by atoms with van der Waals surface area (Å²) < 4.78 is 46.7. The number of nitrogens with zero attached hydrogens (tertiary/aromatic N) is 3. The first-order valence-electron chi connectivity index (χ1n) is 8.29. The van der Waals surface area contributed by atoms with Crippen LogP contribution in [0.4, 0.5) is 9.18 Å². The normalized spacial score (nSPS) is 11.3. The molecule has 0 bridgehead atoms. The molecule has 0 saturated heterocycles. The third-order valence-electron chi connectivity index (χ3n) is 3.90. The Kier molecular flexibility index (Phi) is 5.85. The summed E-state index contributed by atoms with van der Waals surface area (Å²) in [5.41, 5.74) is 0.712. The smallest absolute Gasteiger partial charge is 0.407 e. The maximum Gasteiger partial charge on any atom is 0.407 e. The van der Waals surface area contributed by atoms with Crippen LogP contribution in [0, 0.1) is 12.7 Å². The van der Waals surface area contributed by atoms with Crippen molar-refractivity contribution >= 4 is 27.5 Å². The number of amides is 1. The van der Waals surface area contributed by atoms with Crippen molar-refractivity contribution in [3.63, 3.8) is 0 Å². The Hall–Kier alpha value is -2.98. The molecule has 11 heteroatoms. The Bertz CT molecular complexity index is 1160. The van der Waals surface area contributed by atoms with Crippen LogP contribution >= 0.6 is 11.6 Å². The van der Waals surface area contributed by atoms with E-state index >= 15 is 0 Å². The molecule has 0 aliphatic heterocycles. The van der Waals surface area contributed by atoms with E-state index in [0.29, 0.717) is 5.56 Å². The van der Waals surface area contributed by atoms with Gasteiger partial charge >= 0.3 is 6.09 Å². The first-order chi connectivity index (χ1) is 13.7. The van der Waals surface area contributed by atoms with Crippen molar-refractivity contribution < 1.29 is 22.3 Å². The number of alkyl carbamates (subject to hydrolysis) is 1. The van der Waals surface area contributed by atoms with E-state index in [4.69, 9.17) is 16.3 Å². The van der Waals surface area contributed by atoms with Gasteiger partial charge in [0.05, 0.1) is 4.90 Å². The summed E-state index contributed by atoms with van der Waals surface area (Å²) >= 11 is 5.73. The predicted molar refractivity (Wildman–Crippen MR) is 102 cm³/mol. The summed E-state index contributed by atoms with van der Waals surface area (Å²) in [6, 6.07) is 8.14. The summed E-state index contributed by atoms with van der Waals surface area (Å²) in [7, 11) is -2.75. The molecule has 1 N–H and O–H groups in total. The lowest BCUT2D eigenvalue weighted by Gasteiger charge is -2.10. The number of sulfone groups is 1. The Morgan fingerprint density at radius 3 is 2.66 bits per heavy atom. The molecule has 2 aromatic heterocycles. The molecule has 8 nitrogen and oxygen atoms in total. The van der Waals surface area contributed by atoms with Crippen LogP contribution in [0.3, 0.4) is 0 Å². The fraction of sp³-hybridized carbons (Fsp3) is 0.167. The Morgan fingerprint density at radius 1 is 1.28 bits per heavy atom. The number of pyridine rings is 1.